The Morgan fingerprint density at radius 1 is 1.07 bits per heavy atom. The molecule has 0 aliphatic rings. The average Bonchev–Trinajstić information content (AvgIpc) is 2.67. The maximum atomic E-state index is 14.3. The quantitative estimate of drug-likeness (QED) is 0.570. The third-order valence-corrected chi connectivity index (χ3v) is 5.74. The number of ether oxygens (including phenoxy) is 1. The molecule has 5 nitrogen and oxygen atoms in total. The van der Waals surface area contributed by atoms with Crippen molar-refractivity contribution < 1.29 is 27.0 Å². The van der Waals surface area contributed by atoms with Gasteiger partial charge >= 0.3 is 0 Å². The molecule has 0 aromatic heterocycles. The van der Waals surface area contributed by atoms with E-state index in [0.29, 0.717) is 17.2 Å². The number of sulfonamides is 1. The van der Waals surface area contributed by atoms with E-state index < -0.39 is 38.0 Å². The molecule has 29 heavy (non-hydrogen) atoms. The molecule has 0 radical (unpaired) electrons. The molecular formula is C20H16ClF2NO4S. The Kier molecular flexibility index (Phi) is 6.07. The molecule has 3 aromatic carbocycles. The van der Waals surface area contributed by atoms with Crippen LogP contribution in [0.3, 0.4) is 0 Å². The lowest BCUT2D eigenvalue weighted by Gasteiger charge is -2.14. The highest BCUT2D eigenvalue weighted by Crippen LogP contribution is 2.35. The van der Waals surface area contributed by atoms with Crippen LogP contribution in [-0.2, 0) is 21.4 Å². The van der Waals surface area contributed by atoms with Crippen LogP contribution in [0.2, 0.25) is 5.02 Å². The first-order valence-electron chi connectivity index (χ1n) is 8.30. The molecule has 0 bridgehead atoms. The highest BCUT2D eigenvalue weighted by Gasteiger charge is 2.24. The van der Waals surface area contributed by atoms with Gasteiger partial charge < -0.3 is 9.84 Å². The minimum atomic E-state index is -4.44. The third kappa shape index (κ3) is 4.50. The number of halogens is 3. The van der Waals surface area contributed by atoms with Gasteiger partial charge in [0.2, 0.25) is 0 Å². The van der Waals surface area contributed by atoms with E-state index in [9.17, 15) is 22.3 Å². The highest BCUT2D eigenvalue weighted by atomic mass is 35.5. The molecule has 3 aromatic rings. The summed E-state index contributed by atoms with van der Waals surface area (Å²) in [6, 6.07) is 12.4. The molecule has 0 spiro atoms. The molecule has 2 N–H and O–H groups in total. The molecule has 0 unspecified atom stereocenters. The summed E-state index contributed by atoms with van der Waals surface area (Å²) in [6.07, 6.45) is 0. The zero-order valence-corrected chi connectivity index (χ0v) is 16.7. The van der Waals surface area contributed by atoms with Crippen LogP contribution in [0.4, 0.5) is 14.5 Å². The van der Waals surface area contributed by atoms with E-state index in [1.165, 1.54) is 13.2 Å². The van der Waals surface area contributed by atoms with Gasteiger partial charge in [0.25, 0.3) is 10.0 Å². The summed E-state index contributed by atoms with van der Waals surface area (Å²) in [4.78, 5) is -0.554. The van der Waals surface area contributed by atoms with E-state index in [-0.39, 0.29) is 17.2 Å². The molecule has 0 saturated carbocycles. The van der Waals surface area contributed by atoms with E-state index in [4.69, 9.17) is 16.3 Å². The Morgan fingerprint density at radius 2 is 1.76 bits per heavy atom. The number of hydrogen-bond donors (Lipinski definition) is 2. The summed E-state index contributed by atoms with van der Waals surface area (Å²) < 4.78 is 61.1. The predicted octanol–water partition coefficient (Wildman–Crippen LogP) is 4.94. The zero-order valence-electron chi connectivity index (χ0n) is 15.1. The van der Waals surface area contributed by atoms with Crippen molar-refractivity contribution in [3.05, 3.63) is 76.8 Å². The van der Waals surface area contributed by atoms with Crippen LogP contribution in [0.1, 0.15) is 5.56 Å². The number of phenolic OH excluding ortho intramolecular Hbond substituents is 1. The Bertz CT molecular complexity index is 1150. The largest absolute Gasteiger partial charge is 0.505 e. The predicted molar refractivity (Wildman–Crippen MR) is 106 cm³/mol. The first kappa shape index (κ1) is 21.0. The smallest absolute Gasteiger partial charge is 0.265 e. The number of anilines is 1. The Labute approximate surface area is 171 Å². The van der Waals surface area contributed by atoms with Gasteiger partial charge in [-0.3, -0.25) is 4.72 Å². The monoisotopic (exact) mass is 439 g/mol. The molecule has 0 heterocycles. The van der Waals surface area contributed by atoms with E-state index >= 15 is 0 Å². The number of methoxy groups -OCH3 is 1. The first-order chi connectivity index (χ1) is 13.7. The lowest BCUT2D eigenvalue weighted by Crippen LogP contribution is -2.15. The maximum absolute atomic E-state index is 14.3. The number of aromatic hydroxyl groups is 1. The van der Waals surface area contributed by atoms with Crippen LogP contribution < -0.4 is 4.72 Å². The Hall–Kier alpha value is -2.68. The first-order valence-corrected chi connectivity index (χ1v) is 10.2. The Balaban J connectivity index is 2.06. The van der Waals surface area contributed by atoms with Crippen LogP contribution in [0.15, 0.2) is 59.5 Å². The van der Waals surface area contributed by atoms with Crippen molar-refractivity contribution in [3.8, 4) is 16.9 Å². The number of hydrogen-bond acceptors (Lipinski definition) is 4. The lowest BCUT2D eigenvalue weighted by atomic mass is 10.0. The van der Waals surface area contributed by atoms with Crippen LogP contribution in [-0.4, -0.2) is 20.6 Å². The van der Waals surface area contributed by atoms with Crippen molar-refractivity contribution >= 4 is 27.3 Å². The van der Waals surface area contributed by atoms with E-state index in [0.717, 1.165) is 12.1 Å². The van der Waals surface area contributed by atoms with Crippen molar-refractivity contribution in [3.63, 3.8) is 0 Å². The molecule has 0 aliphatic carbocycles. The molecule has 0 atom stereocenters. The van der Waals surface area contributed by atoms with Gasteiger partial charge in [-0.05, 0) is 29.3 Å². The van der Waals surface area contributed by atoms with Gasteiger partial charge in [0.05, 0.1) is 17.3 Å². The molecular weight excluding hydrogens is 424 g/mol. The topological polar surface area (TPSA) is 75.6 Å². The van der Waals surface area contributed by atoms with Gasteiger partial charge in [0, 0.05) is 18.7 Å². The third-order valence-electron chi connectivity index (χ3n) is 4.07. The number of phenols is 1. The summed E-state index contributed by atoms with van der Waals surface area (Å²) in [5, 5.41) is 9.90. The summed E-state index contributed by atoms with van der Waals surface area (Å²) in [5.41, 5.74) is 0.372. The fourth-order valence-corrected chi connectivity index (χ4v) is 4.27. The average molecular weight is 440 g/mol. The minimum absolute atomic E-state index is 0.0140. The summed E-state index contributed by atoms with van der Waals surface area (Å²) in [7, 11) is -3.04. The second-order valence-electron chi connectivity index (χ2n) is 6.14. The zero-order chi connectivity index (χ0) is 21.2. The minimum Gasteiger partial charge on any atom is -0.505 e. The summed E-state index contributed by atoms with van der Waals surface area (Å²) in [6.45, 7) is 0.0472. The number of rotatable bonds is 6. The van der Waals surface area contributed by atoms with Crippen molar-refractivity contribution in [2.24, 2.45) is 0 Å². The van der Waals surface area contributed by atoms with Crippen LogP contribution in [0.25, 0.3) is 11.1 Å². The fraction of sp³-hybridized carbons (Fsp3) is 0.100. The van der Waals surface area contributed by atoms with Gasteiger partial charge in [0.1, 0.15) is 16.5 Å². The van der Waals surface area contributed by atoms with Crippen molar-refractivity contribution in [1.29, 1.82) is 0 Å². The molecule has 0 amide bonds. The molecule has 9 heteroatoms. The molecule has 152 valence electrons. The maximum Gasteiger partial charge on any atom is 0.265 e. The Morgan fingerprint density at radius 3 is 2.41 bits per heavy atom. The van der Waals surface area contributed by atoms with Gasteiger partial charge in [-0.15, -0.1) is 0 Å². The van der Waals surface area contributed by atoms with E-state index in [2.05, 4.69) is 0 Å². The SMILES string of the molecule is COCc1cc(Cl)c(O)c(S(=O)(=O)Nc2cc(-c3ccccc3)c(F)cc2F)c1. The summed E-state index contributed by atoms with van der Waals surface area (Å²) in [5.74, 6) is -2.64. The second kappa shape index (κ2) is 8.36. The second-order valence-corrected chi connectivity index (χ2v) is 8.20. The van der Waals surface area contributed by atoms with Crippen LogP contribution >= 0.6 is 11.6 Å². The van der Waals surface area contributed by atoms with Crippen LogP contribution in [0, 0.1) is 11.6 Å². The number of benzene rings is 3. The van der Waals surface area contributed by atoms with Gasteiger partial charge in [-0.25, -0.2) is 17.2 Å². The van der Waals surface area contributed by atoms with Crippen molar-refractivity contribution in [2.45, 2.75) is 11.5 Å². The fourth-order valence-electron chi connectivity index (χ4n) is 2.75. The highest BCUT2D eigenvalue weighted by molar-refractivity contribution is 7.92. The molecule has 0 fully saturated rings. The number of nitrogens with one attached hydrogen (secondary N) is 1. The summed E-state index contributed by atoms with van der Waals surface area (Å²) >= 11 is 5.90. The standard InChI is InChI=1S/C20H16ClF2NO4S/c1-28-11-12-7-15(21)20(25)19(8-12)29(26,27)24-18-9-14(16(22)10-17(18)23)13-5-3-2-4-6-13/h2-10,24-25H,11H2,1H3. The van der Waals surface area contributed by atoms with Gasteiger partial charge in [-0.1, -0.05) is 41.9 Å². The van der Waals surface area contributed by atoms with Gasteiger partial charge in [-0.2, -0.15) is 0 Å². The van der Waals surface area contributed by atoms with E-state index in [1.807, 2.05) is 4.72 Å². The normalized spacial score (nSPS) is 11.4. The lowest BCUT2D eigenvalue weighted by molar-refractivity contribution is 0.184. The molecule has 3 rings (SSSR count). The van der Waals surface area contributed by atoms with Crippen LogP contribution in [0.5, 0.6) is 5.75 Å². The van der Waals surface area contributed by atoms with Gasteiger partial charge in [0.15, 0.2) is 5.75 Å². The van der Waals surface area contributed by atoms with E-state index in [1.54, 1.807) is 30.3 Å². The molecule has 0 saturated heterocycles. The van der Waals surface area contributed by atoms with Crippen molar-refractivity contribution in [2.75, 3.05) is 11.8 Å². The molecule has 0 aliphatic heterocycles. The van der Waals surface area contributed by atoms with Crippen molar-refractivity contribution in [1.82, 2.24) is 0 Å².